The van der Waals surface area contributed by atoms with Gasteiger partial charge in [-0.15, -0.1) is 0 Å². The summed E-state index contributed by atoms with van der Waals surface area (Å²) in [7, 11) is 0. The molecule has 0 spiro atoms. The first-order valence-electron chi connectivity index (χ1n) is 10.5. The molecule has 5 heteroatoms. The number of benzene rings is 1. The van der Waals surface area contributed by atoms with E-state index in [4.69, 9.17) is 10.1 Å². The Bertz CT molecular complexity index is 1200. The van der Waals surface area contributed by atoms with E-state index in [0.717, 1.165) is 55.2 Å². The summed E-state index contributed by atoms with van der Waals surface area (Å²) < 4.78 is 2.18. The zero-order chi connectivity index (χ0) is 19.2. The van der Waals surface area contributed by atoms with E-state index in [1.807, 2.05) is 12.3 Å². The van der Waals surface area contributed by atoms with Crippen molar-refractivity contribution in [3.05, 3.63) is 60.4 Å². The van der Waals surface area contributed by atoms with Gasteiger partial charge >= 0.3 is 0 Å². The van der Waals surface area contributed by atoms with Crippen molar-refractivity contribution in [2.24, 2.45) is 0 Å². The third-order valence-electron chi connectivity index (χ3n) is 6.17. The molecule has 0 aliphatic carbocycles. The molecule has 0 N–H and O–H groups in total. The maximum atomic E-state index is 5.04. The quantitative estimate of drug-likeness (QED) is 0.516. The smallest absolute Gasteiger partial charge is 0.129 e. The summed E-state index contributed by atoms with van der Waals surface area (Å²) in [5, 5.41) is 6.20. The minimum Gasteiger partial charge on any atom is -0.357 e. The Labute approximate surface area is 170 Å². The molecule has 144 valence electrons. The first kappa shape index (κ1) is 16.7. The Morgan fingerprint density at radius 2 is 1.72 bits per heavy atom. The lowest BCUT2D eigenvalue weighted by Crippen LogP contribution is -2.18. The van der Waals surface area contributed by atoms with Gasteiger partial charge in [0.25, 0.3) is 0 Å². The summed E-state index contributed by atoms with van der Waals surface area (Å²) >= 11 is 0. The minimum absolute atomic E-state index is 0.965. The van der Waals surface area contributed by atoms with Crippen molar-refractivity contribution in [1.82, 2.24) is 19.7 Å². The third kappa shape index (κ3) is 2.72. The summed E-state index contributed by atoms with van der Waals surface area (Å²) in [5.41, 5.74) is 6.75. The van der Waals surface area contributed by atoms with Crippen molar-refractivity contribution in [3.8, 4) is 22.5 Å². The van der Waals surface area contributed by atoms with Crippen LogP contribution in [-0.2, 0) is 13.0 Å². The van der Waals surface area contributed by atoms with Gasteiger partial charge in [-0.1, -0.05) is 24.3 Å². The minimum atomic E-state index is 0.965. The second kappa shape index (κ2) is 6.69. The largest absolute Gasteiger partial charge is 0.357 e. The maximum Gasteiger partial charge on any atom is 0.129 e. The lowest BCUT2D eigenvalue weighted by atomic mass is 9.97. The van der Waals surface area contributed by atoms with E-state index in [9.17, 15) is 0 Å². The molecule has 6 rings (SSSR count). The number of rotatable bonds is 3. The van der Waals surface area contributed by atoms with E-state index < -0.39 is 0 Å². The Balaban J connectivity index is 1.56. The fraction of sp³-hybridized carbons (Fsp3) is 0.292. The standard InChI is InChI=1S/C24H23N5/c1-2-8-19-17(7-1)18(12-13-25-19)23-21-10-6-16-29(21)27-24(23)20-9-5-11-22(26-20)28-14-3-4-15-28/h1-2,5,7-9,11-13H,3-4,6,10,14-16H2. The highest BCUT2D eigenvalue weighted by molar-refractivity contribution is 5.98. The second-order valence-corrected chi connectivity index (χ2v) is 7.95. The summed E-state index contributed by atoms with van der Waals surface area (Å²) in [6.07, 6.45) is 6.62. The van der Waals surface area contributed by atoms with E-state index >= 15 is 0 Å². The number of para-hydroxylation sites is 1. The van der Waals surface area contributed by atoms with Crippen molar-refractivity contribution in [2.75, 3.05) is 18.0 Å². The topological polar surface area (TPSA) is 46.8 Å². The summed E-state index contributed by atoms with van der Waals surface area (Å²) in [6.45, 7) is 3.17. The zero-order valence-corrected chi connectivity index (χ0v) is 16.4. The molecule has 1 fully saturated rings. The molecule has 5 heterocycles. The Kier molecular flexibility index (Phi) is 3.86. The van der Waals surface area contributed by atoms with Crippen molar-refractivity contribution < 1.29 is 0 Å². The lowest BCUT2D eigenvalue weighted by molar-refractivity contribution is 0.658. The highest BCUT2D eigenvalue weighted by Gasteiger charge is 2.26. The molecule has 29 heavy (non-hydrogen) atoms. The van der Waals surface area contributed by atoms with Crippen molar-refractivity contribution in [2.45, 2.75) is 32.2 Å². The van der Waals surface area contributed by atoms with E-state index in [1.165, 1.54) is 35.0 Å². The highest BCUT2D eigenvalue weighted by Crippen LogP contribution is 2.40. The van der Waals surface area contributed by atoms with Gasteiger partial charge in [0.1, 0.15) is 11.5 Å². The van der Waals surface area contributed by atoms with Crippen LogP contribution in [0, 0.1) is 0 Å². The molecule has 5 nitrogen and oxygen atoms in total. The molecule has 2 aliphatic rings. The number of fused-ring (bicyclic) bond motifs is 2. The fourth-order valence-corrected chi connectivity index (χ4v) is 4.79. The number of nitrogens with zero attached hydrogens (tertiary/aromatic N) is 5. The molecule has 0 unspecified atom stereocenters. The van der Waals surface area contributed by atoms with E-state index in [0.29, 0.717) is 0 Å². The molecule has 4 aromatic rings. The fourth-order valence-electron chi connectivity index (χ4n) is 4.79. The zero-order valence-electron chi connectivity index (χ0n) is 16.4. The van der Waals surface area contributed by atoms with Crippen molar-refractivity contribution in [3.63, 3.8) is 0 Å². The van der Waals surface area contributed by atoms with Gasteiger partial charge in [0.15, 0.2) is 0 Å². The first-order valence-corrected chi connectivity index (χ1v) is 10.5. The lowest BCUT2D eigenvalue weighted by Gasteiger charge is -2.17. The Morgan fingerprint density at radius 3 is 2.66 bits per heavy atom. The van der Waals surface area contributed by atoms with Crippen LogP contribution in [0.4, 0.5) is 5.82 Å². The van der Waals surface area contributed by atoms with Crippen LogP contribution in [0.3, 0.4) is 0 Å². The van der Waals surface area contributed by atoms with Crippen LogP contribution in [-0.4, -0.2) is 32.8 Å². The van der Waals surface area contributed by atoms with Gasteiger partial charge in [-0.05, 0) is 55.5 Å². The van der Waals surface area contributed by atoms with Crippen LogP contribution in [0.5, 0.6) is 0 Å². The number of aryl methyl sites for hydroxylation is 1. The molecular weight excluding hydrogens is 358 g/mol. The predicted octanol–water partition coefficient (Wildman–Crippen LogP) is 4.71. The van der Waals surface area contributed by atoms with E-state index in [1.54, 1.807) is 0 Å². The molecule has 0 radical (unpaired) electrons. The van der Waals surface area contributed by atoms with Crippen molar-refractivity contribution >= 4 is 16.7 Å². The molecule has 0 atom stereocenters. The highest BCUT2D eigenvalue weighted by atomic mass is 15.3. The van der Waals surface area contributed by atoms with E-state index in [-0.39, 0.29) is 0 Å². The van der Waals surface area contributed by atoms with Crippen LogP contribution in [0.1, 0.15) is 25.0 Å². The van der Waals surface area contributed by atoms with Gasteiger partial charge in [-0.3, -0.25) is 9.67 Å². The maximum absolute atomic E-state index is 5.04. The summed E-state index contributed by atoms with van der Waals surface area (Å²) in [6, 6.07) is 16.8. The van der Waals surface area contributed by atoms with E-state index in [2.05, 4.69) is 57.0 Å². The number of aromatic nitrogens is 4. The molecular formula is C24H23N5. The van der Waals surface area contributed by atoms with Gasteiger partial charge in [0.05, 0.1) is 11.2 Å². The second-order valence-electron chi connectivity index (χ2n) is 7.95. The van der Waals surface area contributed by atoms with Gasteiger partial charge in [-0.25, -0.2) is 4.98 Å². The van der Waals surface area contributed by atoms with Gasteiger partial charge in [0, 0.05) is 42.5 Å². The van der Waals surface area contributed by atoms with Crippen LogP contribution in [0.15, 0.2) is 54.7 Å². The molecule has 3 aromatic heterocycles. The third-order valence-corrected chi connectivity index (χ3v) is 6.17. The monoisotopic (exact) mass is 381 g/mol. The van der Waals surface area contributed by atoms with Crippen molar-refractivity contribution in [1.29, 1.82) is 0 Å². The van der Waals surface area contributed by atoms with Crippen LogP contribution in [0.25, 0.3) is 33.4 Å². The normalized spacial score (nSPS) is 15.9. The molecule has 1 aromatic carbocycles. The summed E-state index contributed by atoms with van der Waals surface area (Å²) in [5.74, 6) is 1.07. The SMILES string of the molecule is c1cc(-c2nn3c(c2-c2ccnc4ccccc24)CCC3)nc(N2CCCC2)c1. The number of pyridine rings is 2. The summed E-state index contributed by atoms with van der Waals surface area (Å²) in [4.78, 5) is 12.0. The number of hydrogen-bond acceptors (Lipinski definition) is 4. The van der Waals surface area contributed by atoms with Crippen LogP contribution >= 0.6 is 0 Å². The average molecular weight is 381 g/mol. The molecule has 0 bridgehead atoms. The molecule has 0 amide bonds. The molecule has 1 saturated heterocycles. The van der Waals surface area contributed by atoms with Gasteiger partial charge in [-0.2, -0.15) is 5.10 Å². The predicted molar refractivity (Wildman–Crippen MR) is 116 cm³/mol. The Hall–Kier alpha value is -3.21. The number of hydrogen-bond donors (Lipinski definition) is 0. The first-order chi connectivity index (χ1) is 14.4. The molecule has 0 saturated carbocycles. The average Bonchev–Trinajstić information content (AvgIpc) is 3.51. The van der Waals surface area contributed by atoms with Gasteiger partial charge < -0.3 is 4.90 Å². The molecule has 2 aliphatic heterocycles. The van der Waals surface area contributed by atoms with Gasteiger partial charge in [0.2, 0.25) is 0 Å². The van der Waals surface area contributed by atoms with Crippen LogP contribution < -0.4 is 4.90 Å². The Morgan fingerprint density at radius 1 is 0.828 bits per heavy atom. The number of anilines is 1. The van der Waals surface area contributed by atoms with Crippen LogP contribution in [0.2, 0.25) is 0 Å².